The van der Waals surface area contributed by atoms with E-state index >= 15 is 0 Å². The van der Waals surface area contributed by atoms with Gasteiger partial charge in [0.1, 0.15) is 5.82 Å². The number of rotatable bonds is 6. The molecule has 0 atom stereocenters. The van der Waals surface area contributed by atoms with Crippen LogP contribution in [0.15, 0.2) is 54.7 Å². The largest absolute Gasteiger partial charge is 0.454 e. The van der Waals surface area contributed by atoms with Crippen molar-refractivity contribution in [3.8, 4) is 11.5 Å². The fraction of sp³-hybridized carbons (Fsp3) is 0.200. The van der Waals surface area contributed by atoms with Gasteiger partial charge in [0.15, 0.2) is 11.5 Å². The topological polar surface area (TPSA) is 68.3 Å². The van der Waals surface area contributed by atoms with Crippen LogP contribution in [0.5, 0.6) is 11.5 Å². The number of ether oxygens (including phenoxy) is 2. The van der Waals surface area contributed by atoms with Gasteiger partial charge in [0, 0.05) is 18.4 Å². The zero-order chi connectivity index (χ0) is 17.8. The molecule has 0 radical (unpaired) electrons. The van der Waals surface area contributed by atoms with Crippen LogP contribution in [0.4, 0.5) is 17.5 Å². The van der Waals surface area contributed by atoms with Crippen LogP contribution >= 0.6 is 0 Å². The SMILES string of the molecule is CCc1ccc(Nc2nccc(NCc3ccc4c(c3)OCO4)n2)cc1. The lowest BCUT2D eigenvalue weighted by molar-refractivity contribution is 0.174. The summed E-state index contributed by atoms with van der Waals surface area (Å²) in [4.78, 5) is 8.79. The molecule has 0 amide bonds. The third-order valence-corrected chi connectivity index (χ3v) is 4.18. The Bertz CT molecular complexity index is 897. The van der Waals surface area contributed by atoms with E-state index in [1.54, 1.807) is 6.20 Å². The maximum atomic E-state index is 5.41. The number of hydrogen-bond acceptors (Lipinski definition) is 6. The number of fused-ring (bicyclic) bond motifs is 1. The molecule has 2 N–H and O–H groups in total. The molecule has 1 aliphatic rings. The molecule has 1 aromatic heterocycles. The summed E-state index contributed by atoms with van der Waals surface area (Å²) in [6.07, 6.45) is 2.76. The highest BCUT2D eigenvalue weighted by Gasteiger charge is 2.13. The first-order valence-corrected chi connectivity index (χ1v) is 8.61. The third-order valence-electron chi connectivity index (χ3n) is 4.18. The Hall–Kier alpha value is -3.28. The summed E-state index contributed by atoms with van der Waals surface area (Å²) in [6.45, 7) is 3.06. The van der Waals surface area contributed by atoms with E-state index in [4.69, 9.17) is 9.47 Å². The van der Waals surface area contributed by atoms with Crippen molar-refractivity contribution < 1.29 is 9.47 Å². The van der Waals surface area contributed by atoms with Gasteiger partial charge in [-0.25, -0.2) is 4.98 Å². The quantitative estimate of drug-likeness (QED) is 0.698. The van der Waals surface area contributed by atoms with Gasteiger partial charge >= 0.3 is 0 Å². The summed E-state index contributed by atoms with van der Waals surface area (Å²) in [6, 6.07) is 16.0. The Balaban J connectivity index is 1.40. The van der Waals surface area contributed by atoms with E-state index in [-0.39, 0.29) is 6.79 Å². The van der Waals surface area contributed by atoms with Gasteiger partial charge < -0.3 is 20.1 Å². The first kappa shape index (κ1) is 16.2. The van der Waals surface area contributed by atoms with Gasteiger partial charge in [-0.2, -0.15) is 4.98 Å². The molecule has 132 valence electrons. The molecule has 0 saturated carbocycles. The summed E-state index contributed by atoms with van der Waals surface area (Å²) in [5, 5.41) is 6.54. The van der Waals surface area contributed by atoms with Gasteiger partial charge in [-0.05, 0) is 47.9 Å². The van der Waals surface area contributed by atoms with E-state index in [9.17, 15) is 0 Å². The molecular formula is C20H20N4O2. The number of anilines is 3. The van der Waals surface area contributed by atoms with Crippen LogP contribution in [-0.2, 0) is 13.0 Å². The van der Waals surface area contributed by atoms with Gasteiger partial charge in [0.25, 0.3) is 0 Å². The van der Waals surface area contributed by atoms with E-state index in [1.165, 1.54) is 5.56 Å². The number of benzene rings is 2. The molecule has 0 fully saturated rings. The zero-order valence-corrected chi connectivity index (χ0v) is 14.5. The lowest BCUT2D eigenvalue weighted by Crippen LogP contribution is -2.04. The summed E-state index contributed by atoms with van der Waals surface area (Å²) in [5.41, 5.74) is 3.36. The van der Waals surface area contributed by atoms with Gasteiger partial charge in [-0.1, -0.05) is 25.1 Å². The highest BCUT2D eigenvalue weighted by Crippen LogP contribution is 2.32. The number of aromatic nitrogens is 2. The van der Waals surface area contributed by atoms with Crippen LogP contribution in [-0.4, -0.2) is 16.8 Å². The van der Waals surface area contributed by atoms with Crippen molar-refractivity contribution in [1.29, 1.82) is 0 Å². The predicted molar refractivity (Wildman–Crippen MR) is 101 cm³/mol. The highest BCUT2D eigenvalue weighted by molar-refractivity contribution is 5.55. The number of hydrogen-bond donors (Lipinski definition) is 2. The molecule has 6 heteroatoms. The van der Waals surface area contributed by atoms with Crippen LogP contribution in [0.25, 0.3) is 0 Å². The van der Waals surface area contributed by atoms with Crippen LogP contribution in [0.1, 0.15) is 18.1 Å². The minimum Gasteiger partial charge on any atom is -0.454 e. The Kier molecular flexibility index (Phi) is 4.55. The first-order chi connectivity index (χ1) is 12.8. The molecular weight excluding hydrogens is 328 g/mol. The van der Waals surface area contributed by atoms with Crippen LogP contribution in [0.2, 0.25) is 0 Å². The fourth-order valence-corrected chi connectivity index (χ4v) is 2.71. The van der Waals surface area contributed by atoms with Gasteiger partial charge in [0.05, 0.1) is 0 Å². The van der Waals surface area contributed by atoms with Crippen LogP contribution in [0.3, 0.4) is 0 Å². The number of nitrogens with zero attached hydrogens (tertiary/aromatic N) is 2. The molecule has 0 aliphatic carbocycles. The summed E-state index contributed by atoms with van der Waals surface area (Å²) >= 11 is 0. The third kappa shape index (κ3) is 3.69. The molecule has 26 heavy (non-hydrogen) atoms. The summed E-state index contributed by atoms with van der Waals surface area (Å²) in [5.74, 6) is 2.89. The van der Waals surface area contributed by atoms with E-state index in [0.29, 0.717) is 12.5 Å². The van der Waals surface area contributed by atoms with Crippen molar-refractivity contribution >= 4 is 17.5 Å². The van der Waals surface area contributed by atoms with Crippen molar-refractivity contribution in [3.63, 3.8) is 0 Å². The monoisotopic (exact) mass is 348 g/mol. The van der Waals surface area contributed by atoms with Crippen molar-refractivity contribution in [2.45, 2.75) is 19.9 Å². The number of aryl methyl sites for hydroxylation is 1. The second-order valence-corrected chi connectivity index (χ2v) is 5.98. The molecule has 2 heterocycles. The molecule has 0 bridgehead atoms. The van der Waals surface area contributed by atoms with Crippen molar-refractivity contribution in [3.05, 3.63) is 65.9 Å². The Morgan fingerprint density at radius 2 is 1.77 bits per heavy atom. The van der Waals surface area contributed by atoms with E-state index in [0.717, 1.165) is 35.0 Å². The van der Waals surface area contributed by atoms with Gasteiger partial charge in [0.2, 0.25) is 12.7 Å². The molecule has 1 aliphatic heterocycles. The molecule has 4 rings (SSSR count). The maximum Gasteiger partial charge on any atom is 0.231 e. The molecule has 2 aromatic carbocycles. The lowest BCUT2D eigenvalue weighted by Gasteiger charge is -2.09. The predicted octanol–water partition coefficient (Wildman–Crippen LogP) is 4.12. The summed E-state index contributed by atoms with van der Waals surface area (Å²) < 4.78 is 10.7. The standard InChI is InChI=1S/C20H20N4O2/c1-2-14-3-6-16(7-4-14)23-20-21-10-9-19(24-20)22-12-15-5-8-17-18(11-15)26-13-25-17/h3-11H,2,12-13H2,1H3,(H2,21,22,23,24). The maximum absolute atomic E-state index is 5.41. The van der Waals surface area contributed by atoms with Gasteiger partial charge in [-0.3, -0.25) is 0 Å². The lowest BCUT2D eigenvalue weighted by atomic mass is 10.1. The van der Waals surface area contributed by atoms with E-state index in [1.807, 2.05) is 36.4 Å². The van der Waals surface area contributed by atoms with E-state index in [2.05, 4.69) is 39.7 Å². The van der Waals surface area contributed by atoms with Crippen LogP contribution in [0, 0.1) is 0 Å². The minimum absolute atomic E-state index is 0.284. The first-order valence-electron chi connectivity index (χ1n) is 8.61. The Labute approximate surface area is 152 Å². The molecule has 6 nitrogen and oxygen atoms in total. The van der Waals surface area contributed by atoms with Crippen molar-refractivity contribution in [2.24, 2.45) is 0 Å². The average Bonchev–Trinajstić information content (AvgIpc) is 3.15. The summed E-state index contributed by atoms with van der Waals surface area (Å²) in [7, 11) is 0. The smallest absolute Gasteiger partial charge is 0.231 e. The second kappa shape index (κ2) is 7.31. The van der Waals surface area contributed by atoms with E-state index < -0.39 is 0 Å². The zero-order valence-electron chi connectivity index (χ0n) is 14.5. The van der Waals surface area contributed by atoms with Gasteiger partial charge in [-0.15, -0.1) is 0 Å². The van der Waals surface area contributed by atoms with Crippen LogP contribution < -0.4 is 20.1 Å². The van der Waals surface area contributed by atoms with Crippen molar-refractivity contribution in [2.75, 3.05) is 17.4 Å². The molecule has 0 unspecified atom stereocenters. The second-order valence-electron chi connectivity index (χ2n) is 5.98. The number of nitrogens with one attached hydrogen (secondary N) is 2. The Morgan fingerprint density at radius 3 is 2.62 bits per heavy atom. The van der Waals surface area contributed by atoms with Crippen molar-refractivity contribution in [1.82, 2.24) is 9.97 Å². The molecule has 0 spiro atoms. The fourth-order valence-electron chi connectivity index (χ4n) is 2.71. The highest BCUT2D eigenvalue weighted by atomic mass is 16.7. The average molecular weight is 348 g/mol. The molecule has 3 aromatic rings. The molecule has 0 saturated heterocycles. The normalized spacial score (nSPS) is 12.0. The Morgan fingerprint density at radius 1 is 0.962 bits per heavy atom. The minimum atomic E-state index is 0.284.